The summed E-state index contributed by atoms with van der Waals surface area (Å²) in [5.74, 6) is -0.586. The molecule has 8 heteroatoms. The highest BCUT2D eigenvalue weighted by molar-refractivity contribution is 7.89. The van der Waals surface area contributed by atoms with E-state index < -0.39 is 10.0 Å². The zero-order chi connectivity index (χ0) is 21.6. The fourth-order valence-corrected chi connectivity index (χ4v) is 3.95. The minimum Gasteiger partial charge on any atom is -0.325 e. The molecule has 0 aromatic heterocycles. The van der Waals surface area contributed by atoms with Gasteiger partial charge in [0.25, 0.3) is 0 Å². The Morgan fingerprint density at radius 1 is 0.931 bits per heavy atom. The summed E-state index contributed by atoms with van der Waals surface area (Å²) in [5, 5.41) is 2.69. The molecule has 7 nitrogen and oxygen atoms in total. The monoisotopic (exact) mass is 416 g/mol. The van der Waals surface area contributed by atoms with Gasteiger partial charge in [-0.2, -0.15) is 0 Å². The largest absolute Gasteiger partial charge is 0.325 e. The number of anilines is 1. The number of amides is 1. The zero-order valence-electron chi connectivity index (χ0n) is 16.6. The van der Waals surface area contributed by atoms with Gasteiger partial charge in [-0.3, -0.25) is 14.4 Å². The summed E-state index contributed by atoms with van der Waals surface area (Å²) in [6.07, 6.45) is 0.421. The molecule has 0 atom stereocenters. The van der Waals surface area contributed by atoms with Gasteiger partial charge in [-0.05, 0) is 44.5 Å². The highest BCUT2D eigenvalue weighted by Crippen LogP contribution is 2.18. The number of ketones is 2. The van der Waals surface area contributed by atoms with Gasteiger partial charge in [0.1, 0.15) is 0 Å². The van der Waals surface area contributed by atoms with Crippen LogP contribution in [0.15, 0.2) is 53.4 Å². The number of hydrogen-bond donors (Lipinski definition) is 1. The fraction of sp³-hybridized carbons (Fsp3) is 0.286. The van der Waals surface area contributed by atoms with Gasteiger partial charge in [0.05, 0.1) is 10.6 Å². The number of benzene rings is 2. The van der Waals surface area contributed by atoms with E-state index in [2.05, 4.69) is 5.32 Å². The van der Waals surface area contributed by atoms with Crippen molar-refractivity contribution in [2.45, 2.75) is 31.6 Å². The lowest BCUT2D eigenvalue weighted by Crippen LogP contribution is -2.28. The molecule has 0 aliphatic carbocycles. The third-order valence-corrected chi connectivity index (χ3v) is 6.30. The number of Topliss-reactive ketones (excluding diaryl/α,β-unsaturated/α-hetero) is 2. The molecule has 29 heavy (non-hydrogen) atoms. The van der Waals surface area contributed by atoms with Crippen molar-refractivity contribution in [3.05, 3.63) is 59.7 Å². The van der Waals surface area contributed by atoms with Gasteiger partial charge in [0, 0.05) is 31.1 Å². The second-order valence-corrected chi connectivity index (χ2v) is 8.71. The molecule has 0 radical (unpaired) electrons. The number of para-hydroxylation sites is 1. The van der Waals surface area contributed by atoms with Crippen molar-refractivity contribution in [1.29, 1.82) is 0 Å². The molecule has 1 amide bonds. The Hall–Kier alpha value is -2.84. The van der Waals surface area contributed by atoms with E-state index in [1.807, 2.05) is 0 Å². The van der Waals surface area contributed by atoms with Crippen LogP contribution in [0.2, 0.25) is 0 Å². The van der Waals surface area contributed by atoms with Gasteiger partial charge in [-0.15, -0.1) is 0 Å². The van der Waals surface area contributed by atoms with Crippen molar-refractivity contribution in [3.63, 3.8) is 0 Å². The van der Waals surface area contributed by atoms with Crippen molar-refractivity contribution in [2.75, 3.05) is 18.9 Å². The first kappa shape index (κ1) is 22.4. The van der Waals surface area contributed by atoms with E-state index in [4.69, 9.17) is 0 Å². The van der Waals surface area contributed by atoms with Crippen LogP contribution in [-0.2, 0) is 14.8 Å². The molecule has 0 aliphatic rings. The smallest absolute Gasteiger partial charge is 0.242 e. The molecular weight excluding hydrogens is 392 g/mol. The summed E-state index contributed by atoms with van der Waals surface area (Å²) < 4.78 is 26.4. The normalized spacial score (nSPS) is 11.3. The predicted octanol–water partition coefficient (Wildman–Crippen LogP) is 3.13. The van der Waals surface area contributed by atoms with Crippen LogP contribution >= 0.6 is 0 Å². The number of hydrogen-bond acceptors (Lipinski definition) is 5. The third kappa shape index (κ3) is 5.82. The van der Waals surface area contributed by atoms with Gasteiger partial charge in [0.2, 0.25) is 15.9 Å². The lowest BCUT2D eigenvalue weighted by Gasteiger charge is -2.17. The number of nitrogens with one attached hydrogen (secondary N) is 1. The molecule has 1 N–H and O–H groups in total. The van der Waals surface area contributed by atoms with E-state index in [-0.39, 0.29) is 35.3 Å². The second-order valence-electron chi connectivity index (χ2n) is 6.66. The molecule has 0 spiro atoms. The molecule has 2 aromatic rings. The Balaban J connectivity index is 1.93. The van der Waals surface area contributed by atoms with Gasteiger partial charge < -0.3 is 5.32 Å². The van der Waals surface area contributed by atoms with Gasteiger partial charge in [-0.1, -0.05) is 24.3 Å². The van der Waals surface area contributed by atoms with Crippen LogP contribution in [0.25, 0.3) is 0 Å². The standard InChI is InChI=1S/C21H24N2O5S/c1-15(24)17-10-12-18(13-11-17)29(27,28)23(3)14-6-9-21(26)22-20-8-5-4-7-19(20)16(2)25/h4-5,7-8,10-13H,6,9,14H2,1-3H3,(H,22,26). The van der Waals surface area contributed by atoms with Crippen molar-refractivity contribution in [2.24, 2.45) is 0 Å². The highest BCUT2D eigenvalue weighted by Gasteiger charge is 2.21. The van der Waals surface area contributed by atoms with Crippen molar-refractivity contribution in [3.8, 4) is 0 Å². The first-order valence-electron chi connectivity index (χ1n) is 9.10. The molecule has 0 unspecified atom stereocenters. The first-order chi connectivity index (χ1) is 13.6. The summed E-state index contributed by atoms with van der Waals surface area (Å²) in [6, 6.07) is 12.5. The molecule has 0 bridgehead atoms. The van der Waals surface area contributed by atoms with E-state index in [0.29, 0.717) is 23.2 Å². The lowest BCUT2D eigenvalue weighted by atomic mass is 10.1. The molecule has 2 rings (SSSR count). The van der Waals surface area contributed by atoms with E-state index >= 15 is 0 Å². The first-order valence-corrected chi connectivity index (χ1v) is 10.5. The average molecular weight is 416 g/mol. The van der Waals surface area contributed by atoms with Crippen molar-refractivity contribution < 1.29 is 22.8 Å². The summed E-state index contributed by atoms with van der Waals surface area (Å²) in [7, 11) is -2.27. The summed E-state index contributed by atoms with van der Waals surface area (Å²) in [6.45, 7) is 2.99. The topological polar surface area (TPSA) is 101 Å². The van der Waals surface area contributed by atoms with Crippen LogP contribution in [0.4, 0.5) is 5.69 Å². The van der Waals surface area contributed by atoms with E-state index in [1.165, 1.54) is 49.5 Å². The Labute approximate surface area is 170 Å². The number of sulfonamides is 1. The summed E-state index contributed by atoms with van der Waals surface area (Å²) in [5.41, 5.74) is 1.31. The van der Waals surface area contributed by atoms with E-state index in [9.17, 15) is 22.8 Å². The van der Waals surface area contributed by atoms with E-state index in [0.717, 1.165) is 0 Å². The van der Waals surface area contributed by atoms with E-state index in [1.54, 1.807) is 24.3 Å². The molecule has 154 valence electrons. The maximum atomic E-state index is 12.6. The predicted molar refractivity (Wildman–Crippen MR) is 111 cm³/mol. The van der Waals surface area contributed by atoms with Crippen LogP contribution in [0.5, 0.6) is 0 Å². The molecular formula is C21H24N2O5S. The Bertz CT molecular complexity index is 1010. The van der Waals surface area contributed by atoms with Crippen LogP contribution in [0.3, 0.4) is 0 Å². The lowest BCUT2D eigenvalue weighted by molar-refractivity contribution is -0.116. The molecule has 0 fully saturated rings. The molecule has 2 aromatic carbocycles. The Morgan fingerprint density at radius 2 is 1.55 bits per heavy atom. The maximum Gasteiger partial charge on any atom is 0.242 e. The Kier molecular flexibility index (Phi) is 7.41. The van der Waals surface area contributed by atoms with Gasteiger partial charge in [0.15, 0.2) is 11.6 Å². The molecule has 0 heterocycles. The highest BCUT2D eigenvalue weighted by atomic mass is 32.2. The number of rotatable bonds is 9. The second kappa shape index (κ2) is 9.58. The molecule has 0 aliphatic heterocycles. The van der Waals surface area contributed by atoms with Crippen LogP contribution in [0.1, 0.15) is 47.4 Å². The minimum absolute atomic E-state index is 0.0878. The Morgan fingerprint density at radius 3 is 2.14 bits per heavy atom. The molecule has 0 saturated carbocycles. The molecule has 0 saturated heterocycles. The van der Waals surface area contributed by atoms with Crippen molar-refractivity contribution >= 4 is 33.2 Å². The van der Waals surface area contributed by atoms with Crippen LogP contribution in [0, 0.1) is 0 Å². The SMILES string of the molecule is CC(=O)c1ccc(S(=O)(=O)N(C)CCCC(=O)Nc2ccccc2C(C)=O)cc1. The van der Waals surface area contributed by atoms with Gasteiger partial charge >= 0.3 is 0 Å². The van der Waals surface area contributed by atoms with Crippen LogP contribution < -0.4 is 5.32 Å². The maximum absolute atomic E-state index is 12.6. The van der Waals surface area contributed by atoms with Crippen molar-refractivity contribution in [1.82, 2.24) is 4.31 Å². The minimum atomic E-state index is -3.71. The quantitative estimate of drug-likeness (QED) is 0.633. The number of carbonyl (C=O) groups is 3. The van der Waals surface area contributed by atoms with Crippen LogP contribution in [-0.4, -0.2) is 43.8 Å². The summed E-state index contributed by atoms with van der Waals surface area (Å²) >= 11 is 0. The fourth-order valence-electron chi connectivity index (χ4n) is 2.74. The third-order valence-electron chi connectivity index (χ3n) is 4.43. The zero-order valence-corrected chi connectivity index (χ0v) is 17.5. The number of nitrogens with zero attached hydrogens (tertiary/aromatic N) is 1. The number of carbonyl (C=O) groups excluding carboxylic acids is 3. The summed E-state index contributed by atoms with van der Waals surface area (Å²) in [4.78, 5) is 35.2. The average Bonchev–Trinajstić information content (AvgIpc) is 2.68. The van der Waals surface area contributed by atoms with Gasteiger partial charge in [-0.25, -0.2) is 12.7 Å².